The molecule has 0 spiro atoms. The van der Waals surface area contributed by atoms with Gasteiger partial charge in [0.2, 0.25) is 0 Å². The van der Waals surface area contributed by atoms with E-state index in [4.69, 9.17) is 0 Å². The molecule has 0 aliphatic carbocycles. The minimum Gasteiger partial charge on any atom is -0.346 e. The number of nitrogens with one attached hydrogen (secondary N) is 2. The number of benzene rings is 1. The van der Waals surface area contributed by atoms with Gasteiger partial charge in [0.1, 0.15) is 12.7 Å². The molecule has 3 aromatic rings. The maximum absolute atomic E-state index is 12.3. The van der Waals surface area contributed by atoms with Crippen molar-refractivity contribution in [1.82, 2.24) is 35.2 Å². The summed E-state index contributed by atoms with van der Waals surface area (Å²) in [4.78, 5) is 12.3. The zero-order chi connectivity index (χ0) is 17.1. The van der Waals surface area contributed by atoms with Crippen LogP contribution in [0.15, 0.2) is 43.0 Å². The van der Waals surface area contributed by atoms with Crippen LogP contribution in [0.5, 0.6) is 0 Å². The van der Waals surface area contributed by atoms with Crippen LogP contribution >= 0.6 is 0 Å². The van der Waals surface area contributed by atoms with E-state index in [2.05, 4.69) is 25.9 Å². The number of hydrogen-bond acceptors (Lipinski definition) is 5. The lowest BCUT2D eigenvalue weighted by molar-refractivity contribution is 0.0950. The summed E-state index contributed by atoms with van der Waals surface area (Å²) in [7, 11) is 0. The first-order valence-corrected chi connectivity index (χ1v) is 8.29. The van der Waals surface area contributed by atoms with Crippen molar-refractivity contribution in [3.63, 3.8) is 0 Å². The van der Waals surface area contributed by atoms with Gasteiger partial charge in [-0.1, -0.05) is 0 Å². The highest BCUT2D eigenvalue weighted by Crippen LogP contribution is 2.10. The fourth-order valence-corrected chi connectivity index (χ4v) is 2.90. The van der Waals surface area contributed by atoms with Crippen molar-refractivity contribution in [3.8, 4) is 5.69 Å². The molecule has 3 heterocycles. The summed E-state index contributed by atoms with van der Waals surface area (Å²) < 4.78 is 3.81. The molecule has 8 nitrogen and oxygen atoms in total. The van der Waals surface area contributed by atoms with Gasteiger partial charge in [0.05, 0.1) is 17.9 Å². The van der Waals surface area contributed by atoms with Gasteiger partial charge in [0, 0.05) is 24.3 Å². The Balaban J connectivity index is 1.39. The lowest BCUT2D eigenvalue weighted by Gasteiger charge is -2.05. The lowest BCUT2D eigenvalue weighted by atomic mass is 10.2. The number of rotatable bonds is 4. The van der Waals surface area contributed by atoms with Crippen LogP contribution in [-0.4, -0.2) is 37.0 Å². The molecule has 4 rings (SSSR count). The molecule has 1 amide bonds. The number of aromatic nitrogens is 5. The van der Waals surface area contributed by atoms with Crippen LogP contribution in [0.4, 0.5) is 0 Å². The molecule has 0 atom stereocenters. The number of carbonyl (C=O) groups is 1. The Hall–Kier alpha value is -3.00. The second kappa shape index (κ2) is 6.86. The molecule has 0 saturated heterocycles. The molecule has 0 unspecified atom stereocenters. The molecule has 2 N–H and O–H groups in total. The lowest BCUT2D eigenvalue weighted by Crippen LogP contribution is -2.23. The first-order chi connectivity index (χ1) is 12.3. The van der Waals surface area contributed by atoms with Crippen LogP contribution in [0.25, 0.3) is 5.69 Å². The summed E-state index contributed by atoms with van der Waals surface area (Å²) in [6.45, 7) is 3.18. The Morgan fingerprint density at radius 1 is 1.20 bits per heavy atom. The zero-order valence-corrected chi connectivity index (χ0v) is 13.7. The summed E-state index contributed by atoms with van der Waals surface area (Å²) >= 11 is 0. The Morgan fingerprint density at radius 2 is 2.00 bits per heavy atom. The molecule has 8 heteroatoms. The third kappa shape index (κ3) is 3.43. The van der Waals surface area contributed by atoms with Crippen molar-refractivity contribution in [3.05, 3.63) is 59.9 Å². The van der Waals surface area contributed by atoms with E-state index in [9.17, 15) is 4.79 Å². The zero-order valence-electron chi connectivity index (χ0n) is 13.7. The molecule has 1 aliphatic heterocycles. The standard InChI is InChI=1S/C17H19N7O/c25-17(13-2-4-15(5-3-13)23-11-20-21-12-23)19-9-14-8-16-10-18-6-1-7-24(16)22-14/h2-5,8,11-12,18H,1,6-7,9-10H2,(H,19,25). The second-order valence-corrected chi connectivity index (χ2v) is 5.98. The van der Waals surface area contributed by atoms with E-state index in [0.717, 1.165) is 37.4 Å². The number of carbonyl (C=O) groups excluding carboxylic acids is 1. The number of hydrogen-bond donors (Lipinski definition) is 2. The molecular formula is C17H19N7O. The first-order valence-electron chi connectivity index (χ1n) is 8.29. The van der Waals surface area contributed by atoms with E-state index in [1.54, 1.807) is 29.4 Å². The summed E-state index contributed by atoms with van der Waals surface area (Å²) in [5.41, 5.74) is 3.57. The fourth-order valence-electron chi connectivity index (χ4n) is 2.90. The largest absolute Gasteiger partial charge is 0.346 e. The maximum Gasteiger partial charge on any atom is 0.251 e. The minimum atomic E-state index is -0.114. The Bertz CT molecular complexity index is 828. The summed E-state index contributed by atoms with van der Waals surface area (Å²) in [6.07, 6.45) is 4.30. The molecule has 1 aliphatic rings. The smallest absolute Gasteiger partial charge is 0.251 e. The van der Waals surface area contributed by atoms with Crippen LogP contribution in [0.2, 0.25) is 0 Å². The van der Waals surface area contributed by atoms with E-state index >= 15 is 0 Å². The van der Waals surface area contributed by atoms with Crippen molar-refractivity contribution in [2.24, 2.45) is 0 Å². The van der Waals surface area contributed by atoms with Gasteiger partial charge in [-0.3, -0.25) is 14.0 Å². The van der Waals surface area contributed by atoms with Crippen LogP contribution in [0, 0.1) is 0 Å². The van der Waals surface area contributed by atoms with Gasteiger partial charge in [0.15, 0.2) is 0 Å². The maximum atomic E-state index is 12.3. The second-order valence-electron chi connectivity index (χ2n) is 5.98. The normalized spacial score (nSPS) is 13.9. The van der Waals surface area contributed by atoms with Crippen LogP contribution in [0.3, 0.4) is 0 Å². The Kier molecular flexibility index (Phi) is 4.26. The SMILES string of the molecule is O=C(NCc1cc2n(n1)CCCNC2)c1ccc(-n2cnnc2)cc1. The van der Waals surface area contributed by atoms with Gasteiger partial charge in [-0.15, -0.1) is 10.2 Å². The van der Waals surface area contributed by atoms with Crippen molar-refractivity contribution in [2.75, 3.05) is 6.54 Å². The van der Waals surface area contributed by atoms with E-state index in [1.165, 1.54) is 5.69 Å². The van der Waals surface area contributed by atoms with E-state index in [1.807, 2.05) is 22.9 Å². The summed E-state index contributed by atoms with van der Waals surface area (Å²) in [5.74, 6) is -0.114. The molecule has 0 fully saturated rings. The fraction of sp³-hybridized carbons (Fsp3) is 0.294. The van der Waals surface area contributed by atoms with Gasteiger partial charge in [0.25, 0.3) is 5.91 Å². The molecule has 25 heavy (non-hydrogen) atoms. The van der Waals surface area contributed by atoms with Gasteiger partial charge < -0.3 is 10.6 Å². The highest BCUT2D eigenvalue weighted by atomic mass is 16.1. The molecule has 0 bridgehead atoms. The topological polar surface area (TPSA) is 89.7 Å². The van der Waals surface area contributed by atoms with E-state index in [-0.39, 0.29) is 5.91 Å². The van der Waals surface area contributed by atoms with Gasteiger partial charge in [-0.25, -0.2) is 0 Å². The van der Waals surface area contributed by atoms with Crippen LogP contribution in [0.1, 0.15) is 28.2 Å². The third-order valence-electron chi connectivity index (χ3n) is 4.22. The molecule has 0 saturated carbocycles. The average Bonchev–Trinajstić information content (AvgIpc) is 3.26. The van der Waals surface area contributed by atoms with Crippen molar-refractivity contribution in [1.29, 1.82) is 0 Å². The molecule has 128 valence electrons. The summed E-state index contributed by atoms with van der Waals surface area (Å²) in [6, 6.07) is 9.35. The van der Waals surface area contributed by atoms with Gasteiger partial charge >= 0.3 is 0 Å². The predicted molar refractivity (Wildman–Crippen MR) is 91.1 cm³/mol. The van der Waals surface area contributed by atoms with E-state index < -0.39 is 0 Å². The Labute approximate surface area is 144 Å². The Morgan fingerprint density at radius 3 is 2.80 bits per heavy atom. The number of aryl methyl sites for hydroxylation is 1. The number of amides is 1. The molecule has 1 aromatic carbocycles. The highest BCUT2D eigenvalue weighted by molar-refractivity contribution is 5.94. The van der Waals surface area contributed by atoms with Crippen LogP contribution in [-0.2, 0) is 19.6 Å². The van der Waals surface area contributed by atoms with Crippen molar-refractivity contribution < 1.29 is 4.79 Å². The van der Waals surface area contributed by atoms with Crippen molar-refractivity contribution in [2.45, 2.75) is 26.1 Å². The molecule has 0 radical (unpaired) electrons. The van der Waals surface area contributed by atoms with Gasteiger partial charge in [-0.05, 0) is 43.3 Å². The van der Waals surface area contributed by atoms with Crippen molar-refractivity contribution >= 4 is 5.91 Å². The first kappa shape index (κ1) is 15.5. The quantitative estimate of drug-likeness (QED) is 0.738. The average molecular weight is 337 g/mol. The molecular weight excluding hydrogens is 318 g/mol. The molecule has 2 aromatic heterocycles. The monoisotopic (exact) mass is 337 g/mol. The van der Waals surface area contributed by atoms with E-state index in [0.29, 0.717) is 12.1 Å². The summed E-state index contributed by atoms with van der Waals surface area (Å²) in [5, 5.41) is 18.4. The number of fused-ring (bicyclic) bond motifs is 1. The van der Waals surface area contributed by atoms with Crippen LogP contribution < -0.4 is 10.6 Å². The highest BCUT2D eigenvalue weighted by Gasteiger charge is 2.12. The minimum absolute atomic E-state index is 0.114. The predicted octanol–water partition coefficient (Wildman–Crippen LogP) is 0.887. The van der Waals surface area contributed by atoms with Gasteiger partial charge in [-0.2, -0.15) is 5.10 Å². The third-order valence-corrected chi connectivity index (χ3v) is 4.22. The number of nitrogens with zero attached hydrogens (tertiary/aromatic N) is 5.